The second-order valence-corrected chi connectivity index (χ2v) is 7.28. The van der Waals surface area contributed by atoms with Crippen molar-refractivity contribution >= 4 is 55.1 Å². The van der Waals surface area contributed by atoms with Crippen LogP contribution in [-0.4, -0.2) is 36.9 Å². The highest BCUT2D eigenvalue weighted by atomic mass is 79.9. The van der Waals surface area contributed by atoms with Crippen LogP contribution in [0.15, 0.2) is 34.2 Å². The van der Waals surface area contributed by atoms with Gasteiger partial charge in [0.1, 0.15) is 11.4 Å². The molecule has 0 aliphatic rings. The summed E-state index contributed by atoms with van der Waals surface area (Å²) in [5.41, 5.74) is 0. The molecule has 0 spiro atoms. The highest BCUT2D eigenvalue weighted by Crippen LogP contribution is 2.34. The van der Waals surface area contributed by atoms with Gasteiger partial charge in [-0.3, -0.25) is 4.79 Å². The van der Waals surface area contributed by atoms with Crippen molar-refractivity contribution in [3.05, 3.63) is 39.3 Å². The Kier molecular flexibility index (Phi) is 6.03. The van der Waals surface area contributed by atoms with E-state index in [9.17, 15) is 13.2 Å². The number of benzene rings is 1. The monoisotopic (exact) mass is 401 g/mol. The molecule has 0 radical (unpaired) electrons. The zero-order chi connectivity index (χ0) is 15.5. The molecule has 1 aromatic carbocycles. The normalized spacial score (nSPS) is 11.6. The number of carboxylic acids is 1. The molecule has 1 aromatic rings. The molecule has 0 aromatic heterocycles. The van der Waals surface area contributed by atoms with Crippen molar-refractivity contribution in [2.75, 3.05) is 13.1 Å². The van der Waals surface area contributed by atoms with Crippen molar-refractivity contribution < 1.29 is 18.3 Å². The second-order valence-electron chi connectivity index (χ2n) is 3.68. The smallest absolute Gasteiger partial charge is 0.318 e. The van der Waals surface area contributed by atoms with E-state index in [0.717, 1.165) is 4.31 Å². The Balaban J connectivity index is 3.40. The van der Waals surface area contributed by atoms with E-state index in [1.165, 1.54) is 18.2 Å². The van der Waals surface area contributed by atoms with Crippen molar-refractivity contribution in [1.82, 2.24) is 4.31 Å². The third-order valence-corrected chi connectivity index (χ3v) is 5.40. The van der Waals surface area contributed by atoms with Gasteiger partial charge in [-0.1, -0.05) is 45.2 Å². The minimum atomic E-state index is -4.14. The summed E-state index contributed by atoms with van der Waals surface area (Å²) in [4.78, 5) is 10.4. The Bertz CT molecular complexity index is 625. The summed E-state index contributed by atoms with van der Waals surface area (Å²) < 4.78 is 26.1. The van der Waals surface area contributed by atoms with Gasteiger partial charge >= 0.3 is 5.97 Å². The number of sulfonamides is 1. The molecule has 0 heterocycles. The van der Waals surface area contributed by atoms with Crippen molar-refractivity contribution in [2.24, 2.45) is 0 Å². The number of carbonyl (C=O) groups is 1. The molecule has 1 N–H and O–H groups in total. The molecule has 0 unspecified atom stereocenters. The van der Waals surface area contributed by atoms with E-state index in [1.54, 1.807) is 0 Å². The highest BCUT2D eigenvalue weighted by molar-refractivity contribution is 9.10. The van der Waals surface area contributed by atoms with Crippen LogP contribution in [0.2, 0.25) is 10.0 Å². The third kappa shape index (κ3) is 3.95. The molecule has 5 nitrogen and oxygen atoms in total. The fourth-order valence-corrected chi connectivity index (χ4v) is 4.69. The number of hydrogen-bond donors (Lipinski definition) is 1. The molecule has 0 aliphatic heterocycles. The van der Waals surface area contributed by atoms with Crippen molar-refractivity contribution in [1.29, 1.82) is 0 Å². The maximum absolute atomic E-state index is 12.4. The lowest BCUT2D eigenvalue weighted by Crippen LogP contribution is -2.36. The largest absolute Gasteiger partial charge is 0.480 e. The van der Waals surface area contributed by atoms with E-state index in [1.807, 2.05) is 0 Å². The molecule has 0 amide bonds. The van der Waals surface area contributed by atoms with Crippen LogP contribution in [0.1, 0.15) is 0 Å². The van der Waals surface area contributed by atoms with Crippen LogP contribution in [0.5, 0.6) is 0 Å². The van der Waals surface area contributed by atoms with E-state index in [0.29, 0.717) is 4.47 Å². The SMILES string of the molecule is C=CCN(CC(=O)O)S(=O)(=O)c1c(Cl)cc(Br)cc1Cl. The van der Waals surface area contributed by atoms with Gasteiger partial charge in [0.25, 0.3) is 0 Å². The molecule has 0 saturated heterocycles. The van der Waals surface area contributed by atoms with Gasteiger partial charge in [0.2, 0.25) is 10.0 Å². The molecule has 1 rings (SSSR count). The summed E-state index contributed by atoms with van der Waals surface area (Å²) in [6.07, 6.45) is 1.28. The topological polar surface area (TPSA) is 74.7 Å². The molecule has 0 atom stereocenters. The lowest BCUT2D eigenvalue weighted by molar-refractivity contribution is -0.137. The second kappa shape index (κ2) is 6.91. The average molecular weight is 403 g/mol. The van der Waals surface area contributed by atoms with Crippen LogP contribution in [0.3, 0.4) is 0 Å². The van der Waals surface area contributed by atoms with Crippen LogP contribution in [-0.2, 0) is 14.8 Å². The van der Waals surface area contributed by atoms with Gasteiger partial charge in [-0.15, -0.1) is 6.58 Å². The number of nitrogens with zero attached hydrogens (tertiary/aromatic N) is 1. The Morgan fingerprint density at radius 2 is 1.90 bits per heavy atom. The maximum atomic E-state index is 12.4. The summed E-state index contributed by atoms with van der Waals surface area (Å²) >= 11 is 14.9. The summed E-state index contributed by atoms with van der Waals surface area (Å²) in [5.74, 6) is -1.29. The number of carboxylic acid groups (broad SMARTS) is 1. The van der Waals surface area contributed by atoms with Gasteiger partial charge < -0.3 is 5.11 Å². The minimum absolute atomic E-state index is 0.0937. The fourth-order valence-electron chi connectivity index (χ4n) is 1.45. The zero-order valence-corrected chi connectivity index (χ0v) is 13.9. The quantitative estimate of drug-likeness (QED) is 0.742. The first-order valence-electron chi connectivity index (χ1n) is 5.17. The molecule has 0 bridgehead atoms. The summed E-state index contributed by atoms with van der Waals surface area (Å²) in [6.45, 7) is 2.52. The van der Waals surface area contributed by atoms with Crippen LogP contribution in [0.4, 0.5) is 0 Å². The van der Waals surface area contributed by atoms with E-state index >= 15 is 0 Å². The Morgan fingerprint density at radius 3 is 2.30 bits per heavy atom. The first kappa shape index (κ1) is 17.5. The molecule has 9 heteroatoms. The Morgan fingerprint density at radius 1 is 1.40 bits per heavy atom. The molecule has 0 saturated carbocycles. The first-order valence-corrected chi connectivity index (χ1v) is 8.16. The van der Waals surface area contributed by atoms with Crippen molar-refractivity contribution in [3.63, 3.8) is 0 Å². The maximum Gasteiger partial charge on any atom is 0.318 e. The Hall–Kier alpha value is -0.600. The number of aliphatic carboxylic acids is 1. The van der Waals surface area contributed by atoms with E-state index in [2.05, 4.69) is 22.5 Å². The molecular formula is C11H10BrCl2NO4S. The van der Waals surface area contributed by atoms with Gasteiger partial charge in [0, 0.05) is 11.0 Å². The Labute approximate surface area is 135 Å². The van der Waals surface area contributed by atoms with Crippen LogP contribution in [0.25, 0.3) is 0 Å². The average Bonchev–Trinajstić information content (AvgIpc) is 2.25. The van der Waals surface area contributed by atoms with E-state index < -0.39 is 22.5 Å². The van der Waals surface area contributed by atoms with Crippen LogP contribution in [0, 0.1) is 0 Å². The third-order valence-electron chi connectivity index (χ3n) is 2.21. The molecule has 0 fully saturated rings. The molecule has 20 heavy (non-hydrogen) atoms. The predicted molar refractivity (Wildman–Crippen MR) is 80.8 cm³/mol. The summed E-state index contributed by atoms with van der Waals surface area (Å²) in [6, 6.07) is 2.74. The zero-order valence-electron chi connectivity index (χ0n) is 10.0. The highest BCUT2D eigenvalue weighted by Gasteiger charge is 2.30. The number of halogens is 3. The van der Waals surface area contributed by atoms with Gasteiger partial charge in [0.05, 0.1) is 10.0 Å². The number of rotatable bonds is 6. The fraction of sp³-hybridized carbons (Fsp3) is 0.182. The van der Waals surface area contributed by atoms with Gasteiger partial charge in [-0.25, -0.2) is 8.42 Å². The van der Waals surface area contributed by atoms with Crippen LogP contribution < -0.4 is 0 Å². The lowest BCUT2D eigenvalue weighted by Gasteiger charge is -2.20. The van der Waals surface area contributed by atoms with E-state index in [4.69, 9.17) is 28.3 Å². The molecule has 110 valence electrons. The van der Waals surface area contributed by atoms with Gasteiger partial charge in [-0.05, 0) is 12.1 Å². The van der Waals surface area contributed by atoms with Crippen molar-refractivity contribution in [3.8, 4) is 0 Å². The predicted octanol–water partition coefficient (Wildman–Crippen LogP) is 3.02. The van der Waals surface area contributed by atoms with Gasteiger partial charge in [-0.2, -0.15) is 4.31 Å². The van der Waals surface area contributed by atoms with Crippen molar-refractivity contribution in [2.45, 2.75) is 4.90 Å². The molecule has 0 aliphatic carbocycles. The summed E-state index contributed by atoms with van der Waals surface area (Å²) in [7, 11) is -4.14. The number of hydrogen-bond acceptors (Lipinski definition) is 3. The van der Waals surface area contributed by atoms with Gasteiger partial charge in [0.15, 0.2) is 0 Å². The minimum Gasteiger partial charge on any atom is -0.480 e. The van der Waals surface area contributed by atoms with Crippen LogP contribution >= 0.6 is 39.1 Å². The molecular weight excluding hydrogens is 393 g/mol. The summed E-state index contributed by atoms with van der Waals surface area (Å²) in [5, 5.41) is 8.60. The lowest BCUT2D eigenvalue weighted by atomic mass is 10.4. The first-order chi connectivity index (χ1) is 9.20. The standard InChI is InChI=1S/C11H10BrCl2NO4S/c1-2-3-15(6-10(16)17)20(18,19)11-8(13)4-7(12)5-9(11)14/h2,4-5H,1,3,6H2,(H,16,17). The van der Waals surface area contributed by atoms with E-state index in [-0.39, 0.29) is 21.5 Å².